The summed E-state index contributed by atoms with van der Waals surface area (Å²) < 4.78 is 10.8. The van der Waals surface area contributed by atoms with Gasteiger partial charge in [-0.15, -0.1) is 0 Å². The second kappa shape index (κ2) is 5.13. The first-order chi connectivity index (χ1) is 9.72. The van der Waals surface area contributed by atoms with E-state index in [0.717, 1.165) is 24.9 Å². The van der Waals surface area contributed by atoms with E-state index < -0.39 is 0 Å². The lowest BCUT2D eigenvalue weighted by Crippen LogP contribution is -2.37. The van der Waals surface area contributed by atoms with Gasteiger partial charge in [0.25, 0.3) is 0 Å². The third-order valence-corrected chi connectivity index (χ3v) is 3.74. The van der Waals surface area contributed by atoms with Gasteiger partial charge in [-0.1, -0.05) is 5.16 Å². The molecule has 0 spiro atoms. The Kier molecular flexibility index (Phi) is 3.31. The third kappa shape index (κ3) is 2.34. The molecule has 2 N–H and O–H groups in total. The average Bonchev–Trinajstić information content (AvgIpc) is 2.87. The van der Waals surface area contributed by atoms with Gasteiger partial charge in [0.05, 0.1) is 6.54 Å². The Labute approximate surface area is 116 Å². The first-order valence-corrected chi connectivity index (χ1v) is 6.63. The molecule has 2 aromatic rings. The van der Waals surface area contributed by atoms with E-state index in [9.17, 15) is 5.11 Å². The Bertz CT molecular complexity index is 570. The molecule has 1 aliphatic rings. The summed E-state index contributed by atoms with van der Waals surface area (Å²) in [7, 11) is 1.68. The van der Waals surface area contributed by atoms with Gasteiger partial charge >= 0.3 is 0 Å². The van der Waals surface area contributed by atoms with Crippen molar-refractivity contribution < 1.29 is 14.4 Å². The molecule has 1 aliphatic carbocycles. The maximum Gasteiger partial charge on any atom is 0.246 e. The minimum Gasteiger partial charge on any atom is -0.508 e. The van der Waals surface area contributed by atoms with E-state index in [-0.39, 0.29) is 11.4 Å². The zero-order valence-corrected chi connectivity index (χ0v) is 11.3. The highest BCUT2D eigenvalue weighted by molar-refractivity contribution is 5.45. The van der Waals surface area contributed by atoms with Crippen LogP contribution in [0.5, 0.6) is 5.75 Å². The van der Waals surface area contributed by atoms with E-state index in [1.807, 2.05) is 0 Å². The van der Waals surface area contributed by atoms with Gasteiger partial charge in [0.15, 0.2) is 0 Å². The maximum absolute atomic E-state index is 9.21. The van der Waals surface area contributed by atoms with Crippen molar-refractivity contribution in [3.8, 4) is 5.75 Å². The van der Waals surface area contributed by atoms with Crippen LogP contribution in [0, 0.1) is 0 Å². The van der Waals surface area contributed by atoms with Gasteiger partial charge in [0.1, 0.15) is 11.4 Å². The van der Waals surface area contributed by atoms with Crippen molar-refractivity contribution >= 4 is 5.69 Å². The van der Waals surface area contributed by atoms with Gasteiger partial charge in [-0.3, -0.25) is 0 Å². The summed E-state index contributed by atoms with van der Waals surface area (Å²) >= 11 is 0. The van der Waals surface area contributed by atoms with E-state index in [1.165, 1.54) is 0 Å². The summed E-state index contributed by atoms with van der Waals surface area (Å²) in [6, 6.07) is 6.82. The fourth-order valence-corrected chi connectivity index (χ4v) is 2.29. The first kappa shape index (κ1) is 12.9. The van der Waals surface area contributed by atoms with Crippen LogP contribution in [0.1, 0.15) is 31.0 Å². The van der Waals surface area contributed by atoms with Gasteiger partial charge in [-0.2, -0.15) is 4.98 Å². The zero-order valence-electron chi connectivity index (χ0n) is 11.3. The molecule has 6 nitrogen and oxygen atoms in total. The van der Waals surface area contributed by atoms with Crippen LogP contribution < -0.4 is 5.32 Å². The molecule has 0 amide bonds. The number of aromatic nitrogens is 2. The molecule has 1 aromatic heterocycles. The Morgan fingerprint density at radius 1 is 1.35 bits per heavy atom. The van der Waals surface area contributed by atoms with Crippen LogP contribution in [0.25, 0.3) is 0 Å². The lowest BCUT2D eigenvalue weighted by atomic mass is 9.79. The highest BCUT2D eigenvalue weighted by Gasteiger charge is 2.43. The van der Waals surface area contributed by atoms with E-state index >= 15 is 0 Å². The topological polar surface area (TPSA) is 80.4 Å². The molecular formula is C14H17N3O3. The van der Waals surface area contributed by atoms with Crippen molar-refractivity contribution in [2.45, 2.75) is 31.4 Å². The second-order valence-electron chi connectivity index (χ2n) is 4.96. The van der Waals surface area contributed by atoms with Crippen molar-refractivity contribution in [3.63, 3.8) is 0 Å². The number of ether oxygens (including phenoxy) is 1. The molecule has 0 unspecified atom stereocenters. The molecule has 0 atom stereocenters. The van der Waals surface area contributed by atoms with Crippen LogP contribution in [0.15, 0.2) is 28.8 Å². The molecule has 1 fully saturated rings. The highest BCUT2D eigenvalue weighted by Crippen LogP contribution is 2.42. The SMILES string of the molecule is COC1(c2noc(CNc3ccc(O)cc3)n2)CCC1. The lowest BCUT2D eigenvalue weighted by molar-refractivity contribution is -0.0858. The van der Waals surface area contributed by atoms with Crippen molar-refractivity contribution in [2.75, 3.05) is 12.4 Å². The first-order valence-electron chi connectivity index (χ1n) is 6.63. The molecule has 3 rings (SSSR count). The number of phenolic OH excluding ortho intramolecular Hbond substituents is 1. The minimum atomic E-state index is -0.347. The predicted molar refractivity (Wildman–Crippen MR) is 72.3 cm³/mol. The number of aromatic hydroxyl groups is 1. The number of hydrogen-bond acceptors (Lipinski definition) is 6. The number of phenols is 1. The second-order valence-corrected chi connectivity index (χ2v) is 4.96. The molecule has 0 bridgehead atoms. The molecule has 0 saturated heterocycles. The van der Waals surface area contributed by atoms with Crippen LogP contribution in [0.3, 0.4) is 0 Å². The number of hydrogen-bond donors (Lipinski definition) is 2. The van der Waals surface area contributed by atoms with E-state index in [4.69, 9.17) is 9.26 Å². The molecule has 1 aromatic carbocycles. The maximum atomic E-state index is 9.21. The fourth-order valence-electron chi connectivity index (χ4n) is 2.29. The molecular weight excluding hydrogens is 258 g/mol. The van der Waals surface area contributed by atoms with E-state index in [0.29, 0.717) is 18.3 Å². The number of methoxy groups -OCH3 is 1. The van der Waals surface area contributed by atoms with Crippen molar-refractivity contribution in [1.29, 1.82) is 0 Å². The predicted octanol–water partition coefficient (Wildman–Crippen LogP) is 2.41. The Morgan fingerprint density at radius 2 is 2.10 bits per heavy atom. The van der Waals surface area contributed by atoms with Gasteiger partial charge in [0.2, 0.25) is 11.7 Å². The van der Waals surface area contributed by atoms with E-state index in [1.54, 1.807) is 31.4 Å². The Morgan fingerprint density at radius 3 is 2.70 bits per heavy atom. The molecule has 106 valence electrons. The Balaban J connectivity index is 1.64. The zero-order chi connectivity index (χ0) is 14.0. The highest BCUT2D eigenvalue weighted by atomic mass is 16.5. The number of benzene rings is 1. The monoisotopic (exact) mass is 275 g/mol. The van der Waals surface area contributed by atoms with Crippen LogP contribution in [-0.2, 0) is 16.9 Å². The van der Waals surface area contributed by atoms with E-state index in [2.05, 4.69) is 15.5 Å². The molecule has 1 saturated carbocycles. The fraction of sp³-hybridized carbons (Fsp3) is 0.429. The molecule has 20 heavy (non-hydrogen) atoms. The summed E-state index contributed by atoms with van der Waals surface area (Å²) in [6.07, 6.45) is 3.01. The van der Waals surface area contributed by atoms with Crippen LogP contribution >= 0.6 is 0 Å². The summed E-state index contributed by atoms with van der Waals surface area (Å²) in [4.78, 5) is 4.39. The van der Waals surface area contributed by atoms with Gasteiger partial charge in [-0.25, -0.2) is 0 Å². The van der Waals surface area contributed by atoms with Crippen molar-refractivity contribution in [3.05, 3.63) is 36.0 Å². The average molecular weight is 275 g/mol. The van der Waals surface area contributed by atoms with Gasteiger partial charge in [0, 0.05) is 12.8 Å². The van der Waals surface area contributed by atoms with Crippen molar-refractivity contribution in [2.24, 2.45) is 0 Å². The normalized spacial score (nSPS) is 16.6. The van der Waals surface area contributed by atoms with Crippen LogP contribution in [0.2, 0.25) is 0 Å². The Hall–Kier alpha value is -2.08. The van der Waals surface area contributed by atoms with Crippen LogP contribution in [0.4, 0.5) is 5.69 Å². The molecule has 0 aliphatic heterocycles. The van der Waals surface area contributed by atoms with Gasteiger partial charge in [-0.05, 0) is 43.5 Å². The van der Waals surface area contributed by atoms with Gasteiger partial charge < -0.3 is 19.7 Å². The number of nitrogens with one attached hydrogen (secondary N) is 1. The molecule has 0 radical (unpaired) electrons. The smallest absolute Gasteiger partial charge is 0.246 e. The van der Waals surface area contributed by atoms with Crippen LogP contribution in [-0.4, -0.2) is 22.4 Å². The summed E-state index contributed by atoms with van der Waals surface area (Å²) in [5.41, 5.74) is 0.535. The lowest BCUT2D eigenvalue weighted by Gasteiger charge is -2.37. The summed E-state index contributed by atoms with van der Waals surface area (Å²) in [5, 5.41) is 16.4. The molecule has 1 heterocycles. The number of rotatable bonds is 5. The number of nitrogens with zero attached hydrogens (tertiary/aromatic N) is 2. The largest absolute Gasteiger partial charge is 0.508 e. The quantitative estimate of drug-likeness (QED) is 0.816. The minimum absolute atomic E-state index is 0.239. The third-order valence-electron chi connectivity index (χ3n) is 3.74. The molecule has 6 heteroatoms. The van der Waals surface area contributed by atoms with Crippen molar-refractivity contribution in [1.82, 2.24) is 10.1 Å². The number of anilines is 1. The summed E-state index contributed by atoms with van der Waals surface area (Å²) in [5.74, 6) is 1.40. The summed E-state index contributed by atoms with van der Waals surface area (Å²) in [6.45, 7) is 0.442. The standard InChI is InChI=1S/C14H17N3O3/c1-19-14(7-2-8-14)13-16-12(20-17-13)9-15-10-3-5-11(18)6-4-10/h3-6,15,18H,2,7-9H2,1H3.